The fourth-order valence-electron chi connectivity index (χ4n) is 11.5. The van der Waals surface area contributed by atoms with Gasteiger partial charge in [-0.05, 0) is 91.3 Å². The number of nitrogens with one attached hydrogen (secondary N) is 4. The number of carbonyl (C=O) groups excluding carboxylic acids is 12. The second kappa shape index (κ2) is 38.6. The van der Waals surface area contributed by atoms with Crippen LogP contribution in [-0.4, -0.2) is 224 Å². The average Bonchev–Trinajstić information content (AvgIpc) is 1.77. The van der Waals surface area contributed by atoms with E-state index in [2.05, 4.69) is 21.3 Å². The van der Waals surface area contributed by atoms with Gasteiger partial charge in [-0.2, -0.15) is 0 Å². The summed E-state index contributed by atoms with van der Waals surface area (Å²) in [6.45, 7) is 18.8. The van der Waals surface area contributed by atoms with Gasteiger partial charge in [0, 0.05) is 126 Å². The van der Waals surface area contributed by atoms with Gasteiger partial charge in [-0.25, -0.2) is 4.98 Å². The highest BCUT2D eigenvalue weighted by Gasteiger charge is 2.44. The highest BCUT2D eigenvalue weighted by Crippen LogP contribution is 2.36. The number of amides is 10. The number of ketones is 1. The number of aliphatic hydroxyl groups is 1. The van der Waals surface area contributed by atoms with E-state index in [1.54, 1.807) is 17.2 Å². The smallest absolute Gasteiger partial charge is 0.303 e. The molecule has 28 heteroatoms. The van der Waals surface area contributed by atoms with Crippen LogP contribution >= 0.6 is 34.9 Å². The number of likely N-dealkylation sites (N-methyl/N-ethyl adjacent to an activating group) is 1. The first-order valence-electron chi connectivity index (χ1n) is 33.2. The highest BCUT2D eigenvalue weighted by molar-refractivity contribution is 8.17. The molecule has 4 heterocycles. The van der Waals surface area contributed by atoms with Crippen molar-refractivity contribution in [3.05, 3.63) is 51.5 Å². The van der Waals surface area contributed by atoms with Crippen molar-refractivity contribution < 1.29 is 72.1 Å². The Morgan fingerprint density at radius 3 is 2.00 bits per heavy atom. The van der Waals surface area contributed by atoms with Crippen molar-refractivity contribution in [3.63, 3.8) is 0 Å². The number of rotatable bonds is 36. The van der Waals surface area contributed by atoms with E-state index in [4.69, 9.17) is 14.5 Å². The number of aryl methyl sites for hydroxylation is 1. The van der Waals surface area contributed by atoms with Crippen molar-refractivity contribution >= 4 is 106 Å². The first-order chi connectivity index (χ1) is 45.0. The standard InChI is InChI=1S/C67H102N10O15S3/c1-13-43(6)48(35-55(80)67(9,10)73(11)12)64(88)75(14-2)51(41(3)4)36-52(92-45(8)79)63-72-50(39-93-63)62(87)70-47(34-46-20-18-42(5)19-21-46)33-44(7)60(85)71-49(61(86)69-25-31-91-32-30-78)17-15-16-24-68-56(81)22-23-57(82)74-26-28-76-58(83)37-53(65(76)89)94-40-95-54-38-59(84)77(29-27-74)66(54)90/h18-21,39,41,43-44,47-49,51-54,78H,13-17,22-38,40H2,1-12H3,(H,68,81)(H,69,86)(H,70,87)(H,71,85)/t43?,44?,47-,48+,49?,51-,52-,53?,54?/m1/s1. The molecule has 0 spiro atoms. The summed E-state index contributed by atoms with van der Waals surface area (Å²) < 4.78 is 11.3. The molecule has 4 bridgehead atoms. The number of hydrogen-bond acceptors (Lipinski definition) is 20. The number of ether oxygens (including phenoxy) is 2. The molecule has 0 saturated carbocycles. The van der Waals surface area contributed by atoms with Crippen LogP contribution in [-0.2, 0) is 68.6 Å². The number of esters is 1. The molecular formula is C67H102N10O15S3. The van der Waals surface area contributed by atoms with E-state index in [1.165, 1.54) is 35.3 Å². The minimum absolute atomic E-state index is 0.00308. The third kappa shape index (κ3) is 23.7. The molecule has 528 valence electrons. The van der Waals surface area contributed by atoms with Crippen molar-refractivity contribution in [1.29, 1.82) is 0 Å². The second-order valence-corrected chi connectivity index (χ2v) is 29.6. The number of nitrogens with zero attached hydrogens (tertiary/aromatic N) is 6. The maximum absolute atomic E-state index is 14.7. The number of carbonyl (C=O) groups is 12. The molecule has 3 fully saturated rings. The maximum Gasteiger partial charge on any atom is 0.303 e. The molecule has 3 aliphatic rings. The number of fused-ring (bicyclic) bond motifs is 4. The Hall–Kier alpha value is -6.33. The summed E-state index contributed by atoms with van der Waals surface area (Å²) in [6, 6.07) is 5.67. The lowest BCUT2D eigenvalue weighted by atomic mass is 9.81. The molecule has 5 N–H and O–H groups in total. The highest BCUT2D eigenvalue weighted by atomic mass is 32.2. The van der Waals surface area contributed by atoms with Gasteiger partial charge in [0.15, 0.2) is 11.9 Å². The van der Waals surface area contributed by atoms with Crippen molar-refractivity contribution in [1.82, 2.24) is 50.8 Å². The van der Waals surface area contributed by atoms with E-state index in [1.807, 2.05) is 98.7 Å². The molecule has 3 aliphatic heterocycles. The lowest BCUT2D eigenvalue weighted by molar-refractivity contribution is -0.150. The van der Waals surface area contributed by atoms with Crippen LogP contribution in [0.15, 0.2) is 29.6 Å². The molecule has 5 rings (SSSR count). The van der Waals surface area contributed by atoms with E-state index in [0.29, 0.717) is 42.3 Å². The number of aromatic nitrogens is 1. The van der Waals surface area contributed by atoms with E-state index in [9.17, 15) is 62.6 Å². The van der Waals surface area contributed by atoms with Gasteiger partial charge in [-0.1, -0.05) is 70.9 Å². The van der Waals surface area contributed by atoms with Gasteiger partial charge in [0.25, 0.3) is 5.91 Å². The summed E-state index contributed by atoms with van der Waals surface area (Å²) in [4.78, 5) is 174. The number of hydrogen-bond donors (Lipinski definition) is 5. The Kier molecular flexibility index (Phi) is 32.2. The largest absolute Gasteiger partial charge is 0.455 e. The van der Waals surface area contributed by atoms with Crippen LogP contribution in [0.5, 0.6) is 0 Å². The molecule has 2 aromatic rings. The number of benzene rings is 1. The first-order valence-corrected chi connectivity index (χ1v) is 36.2. The van der Waals surface area contributed by atoms with Crippen LogP contribution in [0.4, 0.5) is 0 Å². The molecular weight excluding hydrogens is 1280 g/mol. The lowest BCUT2D eigenvalue weighted by Crippen LogP contribution is -2.51. The molecule has 3 saturated heterocycles. The zero-order valence-corrected chi connectivity index (χ0v) is 59.9. The van der Waals surface area contributed by atoms with Crippen LogP contribution in [0.1, 0.15) is 166 Å². The minimum Gasteiger partial charge on any atom is -0.455 e. The fourth-order valence-corrected chi connectivity index (χ4v) is 15.1. The number of imide groups is 2. The zero-order valence-electron chi connectivity index (χ0n) is 57.5. The minimum atomic E-state index is -1.02. The molecule has 9 atom stereocenters. The number of thiazole rings is 1. The van der Waals surface area contributed by atoms with Gasteiger partial charge in [0.2, 0.25) is 53.2 Å². The second-order valence-electron chi connectivity index (χ2n) is 25.9. The summed E-state index contributed by atoms with van der Waals surface area (Å²) in [5, 5.41) is 21.8. The third-order valence-electron chi connectivity index (χ3n) is 18.2. The van der Waals surface area contributed by atoms with Gasteiger partial charge in [-0.15, -0.1) is 34.9 Å². The molecule has 25 nitrogen and oxygen atoms in total. The molecule has 1 aromatic heterocycles. The van der Waals surface area contributed by atoms with Crippen LogP contribution in [0.25, 0.3) is 0 Å². The van der Waals surface area contributed by atoms with Crippen molar-refractivity contribution in [2.75, 3.05) is 84.8 Å². The number of Topliss-reactive ketones (excluding diaryl/α,β-unsaturated/α-hetero) is 1. The third-order valence-corrected chi connectivity index (χ3v) is 21.7. The first kappa shape index (κ1) is 79.4. The van der Waals surface area contributed by atoms with Crippen LogP contribution < -0.4 is 21.3 Å². The number of aliphatic hydroxyl groups excluding tert-OH is 1. The van der Waals surface area contributed by atoms with Gasteiger partial charge in [-0.3, -0.25) is 72.2 Å². The SMILES string of the molecule is CCC(C)[C@H](CC(=O)C(C)(C)N(C)C)C(=O)N(CC)[C@H](C[C@@H](OC(C)=O)c1nc(C(=O)N[C@@H](Cc2ccc(C)cc2)CC(C)C(=O)NC(CCCCNC(=O)CCC(=O)N2CCN3C(=O)CC(SCSC4CC(=O)N(CC2)C4=O)C3=O)C(=O)NCCOCCO)cs1)C(C)C. The van der Waals surface area contributed by atoms with Gasteiger partial charge < -0.3 is 45.6 Å². The number of unbranched alkanes of at least 4 members (excludes halogenated alkanes) is 1. The van der Waals surface area contributed by atoms with Crippen molar-refractivity contribution in [3.8, 4) is 0 Å². The predicted octanol–water partition coefficient (Wildman–Crippen LogP) is 4.85. The molecule has 5 unspecified atom stereocenters. The normalized spacial score (nSPS) is 18.5. The van der Waals surface area contributed by atoms with E-state index >= 15 is 0 Å². The fraction of sp³-hybridized carbons (Fsp3) is 0.687. The Morgan fingerprint density at radius 2 is 1.43 bits per heavy atom. The van der Waals surface area contributed by atoms with Crippen LogP contribution in [0.3, 0.4) is 0 Å². The summed E-state index contributed by atoms with van der Waals surface area (Å²) >= 11 is 3.66. The predicted molar refractivity (Wildman–Crippen MR) is 363 cm³/mol. The van der Waals surface area contributed by atoms with Gasteiger partial charge in [0.1, 0.15) is 16.7 Å². The monoisotopic (exact) mass is 1380 g/mol. The maximum atomic E-state index is 14.7. The lowest BCUT2D eigenvalue weighted by Gasteiger charge is -2.39. The molecule has 0 radical (unpaired) electrons. The molecule has 10 amide bonds. The Bertz CT molecular complexity index is 2940. The summed E-state index contributed by atoms with van der Waals surface area (Å²) in [5.74, 6) is -6.14. The van der Waals surface area contributed by atoms with Crippen molar-refractivity contribution in [2.45, 2.75) is 187 Å². The summed E-state index contributed by atoms with van der Waals surface area (Å²) in [5.41, 5.74) is 1.17. The topological polar surface area (TPSA) is 321 Å². The van der Waals surface area contributed by atoms with Gasteiger partial charge in [0.05, 0.1) is 35.9 Å². The van der Waals surface area contributed by atoms with Gasteiger partial charge >= 0.3 is 5.97 Å². The Labute approximate surface area is 572 Å². The molecule has 95 heavy (non-hydrogen) atoms. The van der Waals surface area contributed by atoms with E-state index in [0.717, 1.165) is 32.3 Å². The summed E-state index contributed by atoms with van der Waals surface area (Å²) in [7, 11) is 3.68. The van der Waals surface area contributed by atoms with E-state index in [-0.39, 0.29) is 163 Å². The van der Waals surface area contributed by atoms with E-state index < -0.39 is 87.6 Å². The summed E-state index contributed by atoms with van der Waals surface area (Å²) in [6.07, 6.45) is 0.925. The van der Waals surface area contributed by atoms with Crippen molar-refractivity contribution in [2.24, 2.45) is 23.7 Å². The molecule has 1 aromatic carbocycles. The Balaban J connectivity index is 1.23. The quantitative estimate of drug-likeness (QED) is 0.0346. The molecule has 0 aliphatic carbocycles. The average molecular weight is 1380 g/mol. The Morgan fingerprint density at radius 1 is 0.800 bits per heavy atom. The number of thioether (sulfide) groups is 2. The van der Waals surface area contributed by atoms with Crippen LogP contribution in [0.2, 0.25) is 0 Å². The zero-order chi connectivity index (χ0) is 70.3. The van der Waals surface area contributed by atoms with Crippen LogP contribution in [0, 0.1) is 30.6 Å².